The van der Waals surface area contributed by atoms with E-state index < -0.39 is 59.2 Å². The van der Waals surface area contributed by atoms with E-state index in [9.17, 15) is 57.4 Å². The van der Waals surface area contributed by atoms with E-state index in [4.69, 9.17) is 34.2 Å². The summed E-state index contributed by atoms with van der Waals surface area (Å²) >= 11 is 0.891. The summed E-state index contributed by atoms with van der Waals surface area (Å²) in [4.78, 5) is 104. The summed E-state index contributed by atoms with van der Waals surface area (Å²) in [7, 11) is 0. The number of carboxylic acid groups (broad SMARTS) is 1. The van der Waals surface area contributed by atoms with Crippen LogP contribution >= 0.6 is 11.8 Å². The molecule has 4 aromatic carbocycles. The Morgan fingerprint density at radius 3 is 1.88 bits per heavy atom. The van der Waals surface area contributed by atoms with E-state index in [1.807, 2.05) is 12.1 Å². The second kappa shape index (κ2) is 37.3. The number of nitrogens with one attached hydrogen (secondary N) is 1. The lowest BCUT2D eigenvalue weighted by atomic mass is 9.99. The normalized spacial score (nSPS) is 13.0. The Bertz CT molecular complexity index is 3250. The van der Waals surface area contributed by atoms with Crippen molar-refractivity contribution in [2.75, 3.05) is 98.1 Å². The molecule has 6 rings (SSSR count). The molecule has 1 aliphatic rings. The van der Waals surface area contributed by atoms with E-state index in [1.54, 1.807) is 61.5 Å². The quantitative estimate of drug-likeness (QED) is 0.0262. The highest BCUT2D eigenvalue weighted by atomic mass is 32.2. The summed E-state index contributed by atoms with van der Waals surface area (Å²) in [5.41, 5.74) is 8.04. The lowest BCUT2D eigenvalue weighted by molar-refractivity contribution is -0.143. The third kappa shape index (κ3) is 22.9. The number of aromatic hydroxyl groups is 1. The minimum absolute atomic E-state index is 0.0126. The van der Waals surface area contributed by atoms with Gasteiger partial charge < -0.3 is 49.7 Å². The molecule has 1 aliphatic heterocycles. The van der Waals surface area contributed by atoms with Crippen molar-refractivity contribution in [2.45, 2.75) is 77.4 Å². The van der Waals surface area contributed by atoms with Crippen LogP contribution in [0.15, 0.2) is 118 Å². The standard InChI is InChI=1S/C64H77F2N5O16S/c1-44-60(62(78)71(42-56(67)47-9-3-2-4-10-47)64(81)70(44)41-53-54(65)13-6-14-55(53)66)48-11-5-8-46(38-48)17-21-50(72)12-7-26-82-28-30-84-32-34-86-36-37-87-35-33-85-31-29-83-27-23-52(74)39-49(63(79)80)43-88-57-40-59(76)69(61(57)77)25-24-68-58(75)22-18-45-15-19-51(73)20-16-45/h2-6,8-11,13-16,19-20,38,40,49,56,73H,7,12,17-18,21-37,39,41-43,67H2,1H3,(H,68,75)(H,79,80)/t49?,56-/m0/s1. The average Bonchev–Trinajstić information content (AvgIpc) is 2.56. The molecule has 0 fully saturated rings. The number of benzene rings is 4. The molecule has 0 aliphatic carbocycles. The number of rotatable bonds is 43. The lowest BCUT2D eigenvalue weighted by Gasteiger charge is -2.20. The molecule has 3 amide bonds. The summed E-state index contributed by atoms with van der Waals surface area (Å²) in [5, 5.41) is 21.8. The van der Waals surface area contributed by atoms with Crippen LogP contribution in [0.2, 0.25) is 0 Å². The Morgan fingerprint density at radius 2 is 1.25 bits per heavy atom. The number of nitrogens with zero attached hydrogens (tertiary/aromatic N) is 3. The van der Waals surface area contributed by atoms with Gasteiger partial charge in [-0.2, -0.15) is 0 Å². The monoisotopic (exact) mass is 1240 g/mol. The maximum absolute atomic E-state index is 14.9. The smallest absolute Gasteiger partial charge is 0.331 e. The molecule has 5 aromatic rings. The Hall–Kier alpha value is -7.55. The summed E-state index contributed by atoms with van der Waals surface area (Å²) in [5.74, 6) is -5.67. The highest BCUT2D eigenvalue weighted by Gasteiger charge is 2.33. The molecular formula is C64H77F2N5O16S. The highest BCUT2D eigenvalue weighted by molar-refractivity contribution is 8.04. The molecule has 474 valence electrons. The predicted octanol–water partition coefficient (Wildman–Crippen LogP) is 5.88. The maximum atomic E-state index is 14.9. The van der Waals surface area contributed by atoms with Crippen molar-refractivity contribution in [1.82, 2.24) is 19.4 Å². The van der Waals surface area contributed by atoms with Crippen LogP contribution in [-0.4, -0.2) is 158 Å². The van der Waals surface area contributed by atoms with Gasteiger partial charge in [0.1, 0.15) is 29.0 Å². The van der Waals surface area contributed by atoms with Crippen LogP contribution in [0.3, 0.4) is 0 Å². The summed E-state index contributed by atoms with van der Waals surface area (Å²) < 4.78 is 65.2. The van der Waals surface area contributed by atoms with Crippen molar-refractivity contribution in [3.63, 3.8) is 0 Å². The summed E-state index contributed by atoms with van der Waals surface area (Å²) in [6, 6.07) is 25.3. The predicted molar refractivity (Wildman–Crippen MR) is 324 cm³/mol. The number of hydrogen-bond acceptors (Lipinski definition) is 17. The van der Waals surface area contributed by atoms with E-state index in [0.717, 1.165) is 50.6 Å². The van der Waals surface area contributed by atoms with E-state index in [1.165, 1.54) is 22.8 Å². The van der Waals surface area contributed by atoms with Crippen molar-refractivity contribution in [2.24, 2.45) is 11.7 Å². The molecule has 1 aromatic heterocycles. The molecule has 24 heteroatoms. The van der Waals surface area contributed by atoms with Gasteiger partial charge in [0.25, 0.3) is 17.4 Å². The van der Waals surface area contributed by atoms with Gasteiger partial charge >= 0.3 is 11.7 Å². The Morgan fingerprint density at radius 1 is 0.659 bits per heavy atom. The minimum atomic E-state index is -1.21. The number of aliphatic carboxylic acids is 1. The van der Waals surface area contributed by atoms with Crippen LogP contribution in [-0.2, 0) is 83.1 Å². The molecule has 21 nitrogen and oxygen atoms in total. The summed E-state index contributed by atoms with van der Waals surface area (Å²) in [6.07, 6.45) is 2.94. The number of carbonyl (C=O) groups excluding carboxylic acids is 5. The Balaban J connectivity index is 0.743. The van der Waals surface area contributed by atoms with E-state index in [2.05, 4.69) is 5.32 Å². The number of hydrogen-bond donors (Lipinski definition) is 4. The molecule has 5 N–H and O–H groups in total. The molecule has 0 bridgehead atoms. The van der Waals surface area contributed by atoms with Gasteiger partial charge in [0.15, 0.2) is 0 Å². The number of thioether (sulfide) groups is 1. The first-order valence-corrected chi connectivity index (χ1v) is 30.1. The minimum Gasteiger partial charge on any atom is -0.508 e. The fourth-order valence-electron chi connectivity index (χ4n) is 9.28. The Labute approximate surface area is 513 Å². The zero-order valence-electron chi connectivity index (χ0n) is 49.3. The highest BCUT2D eigenvalue weighted by Crippen LogP contribution is 2.28. The van der Waals surface area contributed by atoms with Crippen molar-refractivity contribution in [3.05, 3.63) is 168 Å². The van der Waals surface area contributed by atoms with Crippen molar-refractivity contribution < 1.29 is 76.2 Å². The van der Waals surface area contributed by atoms with Crippen molar-refractivity contribution in [1.29, 1.82) is 0 Å². The number of aryl methyl sites for hydroxylation is 2. The summed E-state index contributed by atoms with van der Waals surface area (Å²) in [6.45, 7) is 4.55. The largest absolute Gasteiger partial charge is 0.508 e. The molecule has 2 atom stereocenters. The van der Waals surface area contributed by atoms with Gasteiger partial charge in [0.2, 0.25) is 5.91 Å². The van der Waals surface area contributed by atoms with E-state index in [-0.39, 0.29) is 116 Å². The molecule has 1 unspecified atom stereocenters. The fraction of sp³-hybridized carbons (Fsp3) is 0.438. The number of halogens is 2. The number of phenolic OH excluding ortho intramolecular Hbond substituents is 1. The average molecular weight is 1240 g/mol. The maximum Gasteiger partial charge on any atom is 0.331 e. The first kappa shape index (κ1) is 69.5. The van der Waals surface area contributed by atoms with E-state index >= 15 is 0 Å². The van der Waals surface area contributed by atoms with Crippen LogP contribution in [0.4, 0.5) is 8.78 Å². The topological polar surface area (TPSA) is 284 Å². The van der Waals surface area contributed by atoms with Gasteiger partial charge in [0.05, 0.1) is 102 Å². The van der Waals surface area contributed by atoms with Crippen LogP contribution in [0.25, 0.3) is 11.1 Å². The number of phenols is 1. The first-order valence-electron chi connectivity index (χ1n) is 29.1. The zero-order chi connectivity index (χ0) is 63.2. The molecule has 0 spiro atoms. The second-order valence-electron chi connectivity index (χ2n) is 20.6. The van der Waals surface area contributed by atoms with Gasteiger partial charge in [-0.25, -0.2) is 13.6 Å². The van der Waals surface area contributed by atoms with Crippen LogP contribution < -0.4 is 22.3 Å². The number of Topliss-reactive ketones (excluding diaryl/α,β-unsaturated/α-hetero) is 2. The number of carbonyl (C=O) groups is 6. The van der Waals surface area contributed by atoms with E-state index in [0.29, 0.717) is 96.3 Å². The molecule has 0 radical (unpaired) electrons. The number of aromatic nitrogens is 2. The number of ketones is 2. The van der Waals surface area contributed by atoms with Gasteiger partial charge in [-0.1, -0.05) is 72.8 Å². The van der Waals surface area contributed by atoms with Crippen molar-refractivity contribution in [3.8, 4) is 16.9 Å². The van der Waals surface area contributed by atoms with Crippen LogP contribution in [0.5, 0.6) is 5.75 Å². The number of nitrogens with two attached hydrogens (primary N) is 1. The number of amides is 3. The van der Waals surface area contributed by atoms with Crippen molar-refractivity contribution >= 4 is 47.0 Å². The third-order valence-corrected chi connectivity index (χ3v) is 15.4. The van der Waals surface area contributed by atoms with Crippen LogP contribution in [0.1, 0.15) is 72.5 Å². The number of ether oxygens (including phenoxy) is 6. The number of imide groups is 1. The van der Waals surface area contributed by atoms with Crippen LogP contribution in [0, 0.1) is 24.5 Å². The molecule has 0 saturated heterocycles. The molecule has 0 saturated carbocycles. The molecular weight excluding hydrogens is 1160 g/mol. The Kier molecular flexibility index (Phi) is 29.5. The SMILES string of the molecule is Cc1c(-c2cccc(CCC(=O)CCCOCCOCCOCCOCCOCCOCCC(=O)CC(CSC3=CC(=O)N(CCNC(=O)CCc4ccc(O)cc4)C3=O)C(=O)O)c2)c(=O)n(C[C@H](N)c2ccccc2)c(=O)n1Cc1c(F)cccc1F. The molecule has 2 heterocycles. The molecule has 88 heavy (non-hydrogen) atoms. The first-order chi connectivity index (χ1) is 42.5. The van der Waals surface area contributed by atoms with Gasteiger partial charge in [0, 0.05) is 80.9 Å². The zero-order valence-corrected chi connectivity index (χ0v) is 50.2. The number of carboxylic acids is 1. The third-order valence-electron chi connectivity index (χ3n) is 14.2. The second-order valence-corrected chi connectivity index (χ2v) is 21.7. The fourth-order valence-corrected chi connectivity index (χ4v) is 10.3. The van der Waals surface area contributed by atoms with Gasteiger partial charge in [-0.3, -0.25) is 47.6 Å². The van der Waals surface area contributed by atoms with Gasteiger partial charge in [-0.05, 0) is 72.7 Å². The van der Waals surface area contributed by atoms with Gasteiger partial charge in [-0.15, -0.1) is 11.8 Å². The lowest BCUT2D eigenvalue weighted by Crippen LogP contribution is -2.44.